The molecule has 1 amide bonds. The number of rotatable bonds is 9. The summed E-state index contributed by atoms with van der Waals surface area (Å²) in [4.78, 5) is 18.3. The molecule has 0 saturated carbocycles. The molecule has 1 heterocycles. The van der Waals surface area contributed by atoms with Crippen LogP contribution in [0.5, 0.6) is 5.75 Å². The van der Waals surface area contributed by atoms with Crippen molar-refractivity contribution in [2.45, 2.75) is 25.4 Å². The van der Waals surface area contributed by atoms with Crippen molar-refractivity contribution in [1.82, 2.24) is 4.90 Å². The molecule has 0 aliphatic carbocycles. The summed E-state index contributed by atoms with van der Waals surface area (Å²) in [6.07, 6.45) is 0.727. The first kappa shape index (κ1) is 26.4. The molecule has 0 aromatic heterocycles. The molecule has 1 saturated heterocycles. The zero-order chi connectivity index (χ0) is 27.2. The third-order valence-electron chi connectivity index (χ3n) is 7.28. The maximum Gasteiger partial charge on any atom is 0.234 e. The lowest BCUT2D eigenvalue weighted by atomic mass is 9.92. The van der Waals surface area contributed by atoms with Crippen molar-refractivity contribution in [2.24, 2.45) is 5.92 Å². The van der Waals surface area contributed by atoms with Gasteiger partial charge in [0, 0.05) is 17.9 Å². The average Bonchev–Trinajstić information content (AvgIpc) is 3.32. The molecule has 4 aromatic rings. The average molecular weight is 536 g/mol. The van der Waals surface area contributed by atoms with E-state index in [0.29, 0.717) is 11.7 Å². The summed E-state index contributed by atoms with van der Waals surface area (Å²) in [6.45, 7) is 2.64. The number of anilines is 2. The van der Waals surface area contributed by atoms with E-state index in [2.05, 4.69) is 34.5 Å². The third kappa shape index (κ3) is 5.96. The normalized spacial score (nSPS) is 16.6. The molecule has 6 heteroatoms. The number of methoxy groups -OCH3 is 1. The number of nitrogens with zero attached hydrogens (tertiary/aromatic N) is 2. The fourth-order valence-electron chi connectivity index (χ4n) is 5.18. The summed E-state index contributed by atoms with van der Waals surface area (Å²) in [5.41, 5.74) is 4.14. The van der Waals surface area contributed by atoms with E-state index in [-0.39, 0.29) is 23.9 Å². The van der Waals surface area contributed by atoms with Crippen LogP contribution >= 0.6 is 12.2 Å². The number of hydrogen-bond donors (Lipinski definition) is 1. The van der Waals surface area contributed by atoms with Crippen LogP contribution in [-0.4, -0.2) is 35.6 Å². The predicted molar refractivity (Wildman–Crippen MR) is 162 cm³/mol. The van der Waals surface area contributed by atoms with Crippen LogP contribution in [0.1, 0.15) is 24.1 Å². The second-order valence-corrected chi connectivity index (χ2v) is 10.2. The Morgan fingerprint density at radius 2 is 1.49 bits per heavy atom. The first-order valence-electron chi connectivity index (χ1n) is 13.2. The van der Waals surface area contributed by atoms with E-state index in [1.54, 1.807) is 7.11 Å². The predicted octanol–water partition coefficient (Wildman–Crippen LogP) is 6.73. The summed E-state index contributed by atoms with van der Waals surface area (Å²) in [5, 5.41) is 4.16. The summed E-state index contributed by atoms with van der Waals surface area (Å²) in [7, 11) is 1.65. The van der Waals surface area contributed by atoms with Gasteiger partial charge in [-0.25, -0.2) is 0 Å². The van der Waals surface area contributed by atoms with Crippen LogP contribution in [0, 0.1) is 5.92 Å². The van der Waals surface area contributed by atoms with Crippen LogP contribution in [0.2, 0.25) is 0 Å². The highest BCUT2D eigenvalue weighted by atomic mass is 32.1. The zero-order valence-electron chi connectivity index (χ0n) is 22.2. The number of thiocarbonyl (C=S) groups is 1. The molecule has 39 heavy (non-hydrogen) atoms. The van der Waals surface area contributed by atoms with Crippen LogP contribution < -0.4 is 15.0 Å². The lowest BCUT2D eigenvalue weighted by molar-refractivity contribution is -0.132. The van der Waals surface area contributed by atoms with E-state index in [0.717, 1.165) is 29.1 Å². The number of para-hydroxylation sites is 1. The van der Waals surface area contributed by atoms with Crippen molar-refractivity contribution < 1.29 is 9.53 Å². The molecule has 1 fully saturated rings. The van der Waals surface area contributed by atoms with Gasteiger partial charge in [-0.3, -0.25) is 9.69 Å². The van der Waals surface area contributed by atoms with Gasteiger partial charge in [-0.05, 0) is 66.2 Å². The second-order valence-electron chi connectivity index (χ2n) is 9.83. The van der Waals surface area contributed by atoms with Crippen LogP contribution in [0.15, 0.2) is 115 Å². The second kappa shape index (κ2) is 12.1. The number of nitrogens with one attached hydrogen (secondary N) is 1. The van der Waals surface area contributed by atoms with E-state index < -0.39 is 0 Å². The van der Waals surface area contributed by atoms with E-state index in [1.807, 2.05) is 103 Å². The Kier molecular flexibility index (Phi) is 8.23. The molecular formula is C33H33N3O2S. The molecule has 3 atom stereocenters. The van der Waals surface area contributed by atoms with Crippen LogP contribution in [0.25, 0.3) is 0 Å². The van der Waals surface area contributed by atoms with Gasteiger partial charge in [-0.15, -0.1) is 0 Å². The highest BCUT2D eigenvalue weighted by molar-refractivity contribution is 7.80. The van der Waals surface area contributed by atoms with Crippen molar-refractivity contribution in [1.29, 1.82) is 0 Å². The maximum absolute atomic E-state index is 14.4. The molecule has 5 nitrogen and oxygen atoms in total. The molecule has 198 valence electrons. The summed E-state index contributed by atoms with van der Waals surface area (Å²) in [6, 6.07) is 38.0. The molecule has 0 unspecified atom stereocenters. The van der Waals surface area contributed by atoms with Gasteiger partial charge < -0.3 is 15.0 Å². The smallest absolute Gasteiger partial charge is 0.234 e. The molecule has 5 rings (SSSR count). The van der Waals surface area contributed by atoms with Crippen LogP contribution in [-0.2, 0) is 11.2 Å². The van der Waals surface area contributed by atoms with Crippen molar-refractivity contribution in [3.63, 3.8) is 0 Å². The molecule has 0 spiro atoms. The van der Waals surface area contributed by atoms with Crippen molar-refractivity contribution >= 4 is 34.6 Å². The lowest BCUT2D eigenvalue weighted by Crippen LogP contribution is -2.45. The largest absolute Gasteiger partial charge is 0.497 e. The molecule has 1 N–H and O–H groups in total. The molecule has 1 aliphatic rings. The van der Waals surface area contributed by atoms with Gasteiger partial charge in [0.15, 0.2) is 5.11 Å². The van der Waals surface area contributed by atoms with Gasteiger partial charge in [0.1, 0.15) is 5.75 Å². The highest BCUT2D eigenvalue weighted by Crippen LogP contribution is 2.33. The van der Waals surface area contributed by atoms with Gasteiger partial charge in [-0.1, -0.05) is 85.8 Å². The Hall–Kier alpha value is -4.16. The molecule has 0 bridgehead atoms. The number of amides is 1. The van der Waals surface area contributed by atoms with Gasteiger partial charge in [0.05, 0.1) is 25.1 Å². The van der Waals surface area contributed by atoms with Crippen LogP contribution in [0.4, 0.5) is 11.4 Å². The quantitative estimate of drug-likeness (QED) is 0.241. The molecule has 0 radical (unpaired) electrons. The minimum atomic E-state index is -0.388. The van der Waals surface area contributed by atoms with Crippen molar-refractivity contribution in [2.75, 3.05) is 23.9 Å². The SMILES string of the molecule is COc1ccc(N[C@H](c2ccccc2)[C@@H](C)C(=O)N2C(=S)N(c3ccccc3)C[C@@H]2Cc2ccccc2)cc1. The third-order valence-corrected chi connectivity index (χ3v) is 7.69. The zero-order valence-corrected chi connectivity index (χ0v) is 23.1. The number of benzene rings is 4. The number of carbonyl (C=O) groups is 1. The van der Waals surface area contributed by atoms with Crippen LogP contribution in [0.3, 0.4) is 0 Å². The van der Waals surface area contributed by atoms with E-state index in [9.17, 15) is 4.79 Å². The molecule has 4 aromatic carbocycles. The molecule has 1 aliphatic heterocycles. The Morgan fingerprint density at radius 3 is 2.10 bits per heavy atom. The fourth-order valence-corrected chi connectivity index (χ4v) is 5.60. The Balaban J connectivity index is 1.46. The van der Waals surface area contributed by atoms with Crippen molar-refractivity contribution in [3.8, 4) is 5.75 Å². The number of hydrogen-bond acceptors (Lipinski definition) is 4. The minimum absolute atomic E-state index is 0.00854. The Morgan fingerprint density at radius 1 is 0.897 bits per heavy atom. The summed E-state index contributed by atoms with van der Waals surface area (Å²) < 4.78 is 5.32. The lowest BCUT2D eigenvalue weighted by Gasteiger charge is -2.32. The van der Waals surface area contributed by atoms with Gasteiger partial charge >= 0.3 is 0 Å². The Bertz CT molecular complexity index is 1380. The van der Waals surface area contributed by atoms with Gasteiger partial charge in [0.2, 0.25) is 5.91 Å². The van der Waals surface area contributed by atoms with E-state index in [1.165, 1.54) is 5.56 Å². The first-order chi connectivity index (χ1) is 19.0. The highest BCUT2D eigenvalue weighted by Gasteiger charge is 2.42. The van der Waals surface area contributed by atoms with Gasteiger partial charge in [-0.2, -0.15) is 0 Å². The van der Waals surface area contributed by atoms with Gasteiger partial charge in [0.25, 0.3) is 0 Å². The summed E-state index contributed by atoms with van der Waals surface area (Å²) >= 11 is 5.99. The monoisotopic (exact) mass is 535 g/mol. The van der Waals surface area contributed by atoms with Crippen molar-refractivity contribution in [3.05, 3.63) is 126 Å². The minimum Gasteiger partial charge on any atom is -0.497 e. The topological polar surface area (TPSA) is 44.8 Å². The fraction of sp³-hybridized carbons (Fsp3) is 0.212. The van der Waals surface area contributed by atoms with E-state index >= 15 is 0 Å². The van der Waals surface area contributed by atoms with E-state index in [4.69, 9.17) is 17.0 Å². The summed E-state index contributed by atoms with van der Waals surface area (Å²) in [5.74, 6) is 0.406. The number of ether oxygens (including phenoxy) is 1. The maximum atomic E-state index is 14.4. The first-order valence-corrected chi connectivity index (χ1v) is 13.6. The number of carbonyl (C=O) groups excluding carboxylic acids is 1. The molecular weight excluding hydrogens is 502 g/mol. The standard InChI is InChI=1S/C33H33N3O2S/c1-24(31(26-14-8-4-9-15-26)34-27-18-20-30(38-2)21-19-27)32(37)36-29(22-25-12-6-3-7-13-25)23-35(33(36)39)28-16-10-5-11-17-28/h3-21,24,29,31,34H,22-23H2,1-2H3/t24-,29+,31+/m1/s1. The Labute approximate surface area is 236 Å².